The zero-order valence-corrected chi connectivity index (χ0v) is 11.0. The van der Waals surface area contributed by atoms with Crippen LogP contribution in [0, 0.1) is 0 Å². The molecule has 0 aliphatic rings. The molecule has 4 heteroatoms. The lowest BCUT2D eigenvalue weighted by Crippen LogP contribution is -2.16. The first-order valence-electron chi connectivity index (χ1n) is 6.54. The van der Waals surface area contributed by atoms with Gasteiger partial charge >= 0.3 is 5.76 Å². The summed E-state index contributed by atoms with van der Waals surface area (Å²) in [5.74, 6) is -0.394. The lowest BCUT2D eigenvalue weighted by molar-refractivity contribution is 0.510. The van der Waals surface area contributed by atoms with Crippen LogP contribution in [0.3, 0.4) is 0 Å². The summed E-state index contributed by atoms with van der Waals surface area (Å²) in [7, 11) is 1.97. The fraction of sp³-hybridized carbons (Fsp3) is 0.500. The Morgan fingerprint density at radius 1 is 1.39 bits per heavy atom. The molecule has 0 saturated carbocycles. The summed E-state index contributed by atoms with van der Waals surface area (Å²) in [6.07, 6.45) is 4.78. The van der Waals surface area contributed by atoms with Gasteiger partial charge < -0.3 is 9.73 Å². The van der Waals surface area contributed by atoms with Gasteiger partial charge in [0.1, 0.15) is 0 Å². The van der Waals surface area contributed by atoms with E-state index in [1.54, 1.807) is 0 Å². The zero-order chi connectivity index (χ0) is 13.0. The number of hydrogen-bond donors (Lipinski definition) is 2. The number of unbranched alkanes of at least 4 members (excludes halogenated alkanes) is 2. The van der Waals surface area contributed by atoms with Gasteiger partial charge in [-0.15, -0.1) is 0 Å². The summed E-state index contributed by atoms with van der Waals surface area (Å²) >= 11 is 0. The van der Waals surface area contributed by atoms with Crippen LogP contribution in [0.5, 0.6) is 0 Å². The van der Waals surface area contributed by atoms with Crippen molar-refractivity contribution in [1.29, 1.82) is 0 Å². The number of oxazole rings is 1. The molecule has 1 unspecified atom stereocenters. The number of fused-ring (bicyclic) bond motifs is 1. The molecule has 0 spiro atoms. The minimum atomic E-state index is -0.394. The molecule has 0 bridgehead atoms. The van der Waals surface area contributed by atoms with Gasteiger partial charge in [0.25, 0.3) is 0 Å². The first-order chi connectivity index (χ1) is 8.74. The zero-order valence-electron chi connectivity index (χ0n) is 11.0. The molecule has 2 N–H and O–H groups in total. The smallest absolute Gasteiger partial charge is 0.408 e. The SMILES string of the molecule is CCCCCC(NC)c1ccc2[nH]c(=O)oc2c1. The Hall–Kier alpha value is -1.55. The quantitative estimate of drug-likeness (QED) is 0.773. The number of benzene rings is 1. The van der Waals surface area contributed by atoms with Crippen molar-refractivity contribution in [2.75, 3.05) is 7.05 Å². The fourth-order valence-electron chi connectivity index (χ4n) is 2.25. The molecular weight excluding hydrogens is 228 g/mol. The van der Waals surface area contributed by atoms with Crippen molar-refractivity contribution in [3.05, 3.63) is 34.3 Å². The monoisotopic (exact) mass is 248 g/mol. The Labute approximate surface area is 106 Å². The molecule has 0 radical (unpaired) electrons. The van der Waals surface area contributed by atoms with Crippen LogP contribution in [0.25, 0.3) is 11.1 Å². The van der Waals surface area contributed by atoms with Gasteiger partial charge in [-0.2, -0.15) is 0 Å². The maximum absolute atomic E-state index is 11.1. The lowest BCUT2D eigenvalue weighted by Gasteiger charge is -2.16. The second kappa shape index (κ2) is 5.87. The molecule has 0 aliphatic carbocycles. The summed E-state index contributed by atoms with van der Waals surface area (Å²) in [5.41, 5.74) is 2.56. The maximum Gasteiger partial charge on any atom is 0.417 e. The Kier molecular flexibility index (Phi) is 4.20. The van der Waals surface area contributed by atoms with Crippen LogP contribution < -0.4 is 11.1 Å². The van der Waals surface area contributed by atoms with Crippen molar-refractivity contribution in [3.8, 4) is 0 Å². The van der Waals surface area contributed by atoms with Crippen LogP contribution in [0.15, 0.2) is 27.4 Å². The molecule has 0 fully saturated rings. The van der Waals surface area contributed by atoms with E-state index in [1.807, 2.05) is 25.2 Å². The molecule has 1 heterocycles. The lowest BCUT2D eigenvalue weighted by atomic mass is 10.0. The first-order valence-corrected chi connectivity index (χ1v) is 6.54. The van der Waals surface area contributed by atoms with E-state index >= 15 is 0 Å². The highest BCUT2D eigenvalue weighted by Crippen LogP contribution is 2.22. The van der Waals surface area contributed by atoms with Crippen molar-refractivity contribution in [2.45, 2.75) is 38.6 Å². The summed E-state index contributed by atoms with van der Waals surface area (Å²) in [4.78, 5) is 13.8. The van der Waals surface area contributed by atoms with Gasteiger partial charge in [-0.05, 0) is 31.2 Å². The Morgan fingerprint density at radius 2 is 2.22 bits per heavy atom. The standard InChI is InChI=1S/C14H20N2O2/c1-3-4-5-6-11(15-2)10-7-8-12-13(9-10)18-14(17)16-12/h7-9,11,15H,3-6H2,1-2H3,(H,16,17). The van der Waals surface area contributed by atoms with E-state index in [-0.39, 0.29) is 0 Å². The molecule has 0 amide bonds. The summed E-state index contributed by atoms with van der Waals surface area (Å²) in [6, 6.07) is 6.21. The van der Waals surface area contributed by atoms with E-state index in [1.165, 1.54) is 24.8 Å². The highest BCUT2D eigenvalue weighted by Gasteiger charge is 2.10. The Balaban J connectivity index is 2.19. The van der Waals surface area contributed by atoms with Crippen molar-refractivity contribution in [3.63, 3.8) is 0 Å². The van der Waals surface area contributed by atoms with Crippen molar-refractivity contribution < 1.29 is 4.42 Å². The number of rotatable bonds is 6. The molecule has 1 aromatic heterocycles. The summed E-state index contributed by atoms with van der Waals surface area (Å²) in [6.45, 7) is 2.20. The molecule has 2 rings (SSSR count). The third-order valence-corrected chi connectivity index (χ3v) is 3.29. The van der Waals surface area contributed by atoms with Gasteiger partial charge in [0.2, 0.25) is 0 Å². The third-order valence-electron chi connectivity index (χ3n) is 3.29. The van der Waals surface area contributed by atoms with Gasteiger partial charge in [-0.25, -0.2) is 4.79 Å². The van der Waals surface area contributed by atoms with Crippen LogP contribution >= 0.6 is 0 Å². The largest absolute Gasteiger partial charge is 0.417 e. The molecule has 0 saturated heterocycles. The predicted molar refractivity (Wildman–Crippen MR) is 72.8 cm³/mol. The molecule has 18 heavy (non-hydrogen) atoms. The molecule has 2 aromatic rings. The Morgan fingerprint density at radius 3 is 2.94 bits per heavy atom. The van der Waals surface area contributed by atoms with E-state index in [9.17, 15) is 4.79 Å². The van der Waals surface area contributed by atoms with E-state index in [2.05, 4.69) is 17.2 Å². The van der Waals surface area contributed by atoms with Gasteiger partial charge in [0, 0.05) is 6.04 Å². The molecule has 1 aromatic carbocycles. The molecule has 4 nitrogen and oxygen atoms in total. The van der Waals surface area contributed by atoms with Gasteiger partial charge in [-0.3, -0.25) is 4.98 Å². The van der Waals surface area contributed by atoms with Gasteiger partial charge in [0.05, 0.1) is 5.52 Å². The second-order valence-corrected chi connectivity index (χ2v) is 4.61. The van der Waals surface area contributed by atoms with Crippen LogP contribution in [0.2, 0.25) is 0 Å². The topological polar surface area (TPSA) is 58.0 Å². The Bertz CT molecular complexity index is 556. The normalized spacial score (nSPS) is 13.0. The number of nitrogens with one attached hydrogen (secondary N) is 2. The molecule has 98 valence electrons. The number of aromatic amines is 1. The highest BCUT2D eigenvalue weighted by atomic mass is 16.4. The summed E-state index contributed by atoms with van der Waals surface area (Å²) < 4.78 is 5.09. The second-order valence-electron chi connectivity index (χ2n) is 4.61. The first kappa shape index (κ1) is 12.9. The van der Waals surface area contributed by atoms with E-state index in [4.69, 9.17) is 4.42 Å². The minimum absolute atomic E-state index is 0.321. The van der Waals surface area contributed by atoms with Gasteiger partial charge in [0.15, 0.2) is 5.58 Å². The van der Waals surface area contributed by atoms with Crippen LogP contribution in [0.4, 0.5) is 0 Å². The number of hydrogen-bond acceptors (Lipinski definition) is 3. The highest BCUT2D eigenvalue weighted by molar-refractivity contribution is 5.72. The minimum Gasteiger partial charge on any atom is -0.408 e. The van der Waals surface area contributed by atoms with E-state index in [0.717, 1.165) is 11.9 Å². The van der Waals surface area contributed by atoms with E-state index in [0.29, 0.717) is 11.6 Å². The number of H-pyrrole nitrogens is 1. The van der Waals surface area contributed by atoms with Crippen molar-refractivity contribution in [1.82, 2.24) is 10.3 Å². The van der Waals surface area contributed by atoms with Gasteiger partial charge in [-0.1, -0.05) is 32.3 Å². The average Bonchev–Trinajstić information content (AvgIpc) is 2.74. The van der Waals surface area contributed by atoms with Crippen LogP contribution in [-0.4, -0.2) is 12.0 Å². The van der Waals surface area contributed by atoms with Crippen molar-refractivity contribution >= 4 is 11.1 Å². The van der Waals surface area contributed by atoms with Crippen LogP contribution in [-0.2, 0) is 0 Å². The molecular formula is C14H20N2O2. The maximum atomic E-state index is 11.1. The average molecular weight is 248 g/mol. The molecule has 1 atom stereocenters. The predicted octanol–water partition coefficient (Wildman–Crippen LogP) is 2.96. The third kappa shape index (κ3) is 2.82. The number of aromatic nitrogens is 1. The van der Waals surface area contributed by atoms with Crippen molar-refractivity contribution in [2.24, 2.45) is 0 Å². The fourth-order valence-corrected chi connectivity index (χ4v) is 2.25. The van der Waals surface area contributed by atoms with Crippen LogP contribution in [0.1, 0.15) is 44.2 Å². The van der Waals surface area contributed by atoms with E-state index < -0.39 is 5.76 Å². The molecule has 0 aliphatic heterocycles. The summed E-state index contributed by atoms with van der Waals surface area (Å²) in [5, 5.41) is 3.32.